The Hall–Kier alpha value is -0.790. The second kappa shape index (κ2) is 4.60. The van der Waals surface area contributed by atoms with E-state index in [-0.39, 0.29) is 10.6 Å². The maximum absolute atomic E-state index is 13.7. The third kappa shape index (κ3) is 1.90. The summed E-state index contributed by atoms with van der Waals surface area (Å²) in [5, 5.41) is 8.99. The fourth-order valence-corrected chi connectivity index (χ4v) is 2.95. The van der Waals surface area contributed by atoms with Crippen LogP contribution in [0.3, 0.4) is 0 Å². The SMILES string of the molecule is N#Cc1c(F)c(Cl)cc(Br)c1N1CCCC1. The molecule has 2 nitrogen and oxygen atoms in total. The van der Waals surface area contributed by atoms with E-state index >= 15 is 0 Å². The van der Waals surface area contributed by atoms with E-state index in [0.29, 0.717) is 10.2 Å². The predicted molar refractivity (Wildman–Crippen MR) is 65.3 cm³/mol. The molecule has 1 heterocycles. The number of rotatable bonds is 1. The van der Waals surface area contributed by atoms with Crippen LogP contribution >= 0.6 is 27.5 Å². The summed E-state index contributed by atoms with van der Waals surface area (Å²) in [5.74, 6) is -0.630. The van der Waals surface area contributed by atoms with Gasteiger partial charge in [0, 0.05) is 17.6 Å². The minimum atomic E-state index is -0.630. The lowest BCUT2D eigenvalue weighted by molar-refractivity contribution is 0.623. The van der Waals surface area contributed by atoms with Crippen molar-refractivity contribution in [3.8, 4) is 6.07 Å². The first-order valence-corrected chi connectivity index (χ1v) is 6.14. The Bertz CT molecular complexity index is 464. The van der Waals surface area contributed by atoms with Gasteiger partial charge in [0.25, 0.3) is 0 Å². The van der Waals surface area contributed by atoms with E-state index < -0.39 is 5.82 Å². The van der Waals surface area contributed by atoms with Crippen molar-refractivity contribution in [2.75, 3.05) is 18.0 Å². The highest BCUT2D eigenvalue weighted by atomic mass is 79.9. The van der Waals surface area contributed by atoms with Crippen molar-refractivity contribution >= 4 is 33.2 Å². The number of nitriles is 1. The molecule has 1 aromatic carbocycles. The molecule has 0 atom stereocenters. The van der Waals surface area contributed by atoms with Crippen molar-refractivity contribution in [2.45, 2.75) is 12.8 Å². The molecule has 1 aliphatic heterocycles. The normalized spacial score (nSPS) is 15.2. The van der Waals surface area contributed by atoms with Crippen molar-refractivity contribution in [2.24, 2.45) is 0 Å². The Balaban J connectivity index is 2.59. The molecule has 0 bridgehead atoms. The van der Waals surface area contributed by atoms with Crippen LogP contribution in [0.1, 0.15) is 18.4 Å². The first-order valence-electron chi connectivity index (χ1n) is 4.97. The molecule has 1 fully saturated rings. The van der Waals surface area contributed by atoms with Gasteiger partial charge in [0.05, 0.1) is 10.7 Å². The summed E-state index contributed by atoms with van der Waals surface area (Å²) in [6, 6.07) is 3.40. The molecule has 0 N–H and O–H groups in total. The van der Waals surface area contributed by atoms with Crippen molar-refractivity contribution in [1.82, 2.24) is 0 Å². The summed E-state index contributed by atoms with van der Waals surface area (Å²) >= 11 is 9.04. The molecule has 1 aromatic rings. The molecule has 84 valence electrons. The number of benzene rings is 1. The zero-order chi connectivity index (χ0) is 11.7. The third-order valence-corrected chi connectivity index (χ3v) is 3.56. The topological polar surface area (TPSA) is 27.0 Å². The Labute approximate surface area is 107 Å². The van der Waals surface area contributed by atoms with Crippen LogP contribution in [0.25, 0.3) is 0 Å². The zero-order valence-electron chi connectivity index (χ0n) is 8.43. The first-order chi connectivity index (χ1) is 7.65. The molecule has 2 rings (SSSR count). The van der Waals surface area contributed by atoms with Gasteiger partial charge < -0.3 is 4.90 Å². The van der Waals surface area contributed by atoms with Crippen LogP contribution in [0.2, 0.25) is 5.02 Å². The molecule has 0 aromatic heterocycles. The van der Waals surface area contributed by atoms with Crippen molar-refractivity contribution < 1.29 is 4.39 Å². The van der Waals surface area contributed by atoms with Gasteiger partial charge in [0.1, 0.15) is 11.6 Å². The smallest absolute Gasteiger partial charge is 0.161 e. The number of halogens is 3. The summed E-state index contributed by atoms with van der Waals surface area (Å²) in [7, 11) is 0. The maximum Gasteiger partial charge on any atom is 0.161 e. The monoisotopic (exact) mass is 302 g/mol. The molecule has 1 saturated heterocycles. The molecular weight excluding hydrogens is 294 g/mol. The largest absolute Gasteiger partial charge is 0.369 e. The van der Waals surface area contributed by atoms with Gasteiger partial charge in [-0.3, -0.25) is 0 Å². The Morgan fingerprint density at radius 1 is 1.44 bits per heavy atom. The van der Waals surface area contributed by atoms with Gasteiger partial charge in [-0.2, -0.15) is 5.26 Å². The van der Waals surface area contributed by atoms with Gasteiger partial charge in [0.15, 0.2) is 5.82 Å². The van der Waals surface area contributed by atoms with E-state index in [0.717, 1.165) is 25.9 Å². The van der Waals surface area contributed by atoms with Crippen LogP contribution in [-0.2, 0) is 0 Å². The van der Waals surface area contributed by atoms with Crippen LogP contribution in [-0.4, -0.2) is 13.1 Å². The lowest BCUT2D eigenvalue weighted by Gasteiger charge is -2.21. The van der Waals surface area contributed by atoms with Crippen LogP contribution in [0.15, 0.2) is 10.5 Å². The minimum absolute atomic E-state index is 0.0219. The molecule has 0 radical (unpaired) electrons. The fourth-order valence-electron chi connectivity index (χ4n) is 1.94. The molecule has 0 aliphatic carbocycles. The Morgan fingerprint density at radius 2 is 2.06 bits per heavy atom. The second-order valence-electron chi connectivity index (χ2n) is 3.68. The van der Waals surface area contributed by atoms with Gasteiger partial charge in [-0.05, 0) is 34.8 Å². The van der Waals surface area contributed by atoms with E-state index in [4.69, 9.17) is 16.9 Å². The maximum atomic E-state index is 13.7. The van der Waals surface area contributed by atoms with Gasteiger partial charge >= 0.3 is 0 Å². The molecule has 5 heteroatoms. The average molecular weight is 304 g/mol. The van der Waals surface area contributed by atoms with Crippen LogP contribution in [0.5, 0.6) is 0 Å². The summed E-state index contributed by atoms with van der Waals surface area (Å²) in [6.45, 7) is 1.71. The molecule has 16 heavy (non-hydrogen) atoms. The van der Waals surface area contributed by atoms with Crippen molar-refractivity contribution in [1.29, 1.82) is 5.26 Å². The van der Waals surface area contributed by atoms with Crippen LogP contribution in [0.4, 0.5) is 10.1 Å². The quantitative estimate of drug-likeness (QED) is 0.739. The number of hydrogen-bond donors (Lipinski definition) is 0. The van der Waals surface area contributed by atoms with Gasteiger partial charge in [-0.1, -0.05) is 11.6 Å². The van der Waals surface area contributed by atoms with E-state index in [1.807, 2.05) is 11.0 Å². The predicted octanol–water partition coefficient (Wildman–Crippen LogP) is 3.71. The molecule has 0 spiro atoms. The number of anilines is 1. The van der Waals surface area contributed by atoms with Gasteiger partial charge in [0.2, 0.25) is 0 Å². The first kappa shape index (κ1) is 11.7. The van der Waals surface area contributed by atoms with Crippen molar-refractivity contribution in [3.05, 3.63) is 26.9 Å². The second-order valence-corrected chi connectivity index (χ2v) is 4.95. The lowest BCUT2D eigenvalue weighted by Crippen LogP contribution is -2.20. The summed E-state index contributed by atoms with van der Waals surface area (Å²) in [6.07, 6.45) is 2.14. The summed E-state index contributed by atoms with van der Waals surface area (Å²) < 4.78 is 14.4. The molecule has 0 saturated carbocycles. The van der Waals surface area contributed by atoms with E-state index in [1.165, 1.54) is 6.07 Å². The average Bonchev–Trinajstić information content (AvgIpc) is 2.76. The Kier molecular flexibility index (Phi) is 3.36. The third-order valence-electron chi connectivity index (χ3n) is 2.68. The van der Waals surface area contributed by atoms with Crippen molar-refractivity contribution in [3.63, 3.8) is 0 Å². The summed E-state index contributed by atoms with van der Waals surface area (Å²) in [4.78, 5) is 2.02. The van der Waals surface area contributed by atoms with Crippen LogP contribution in [0, 0.1) is 17.1 Å². The molecule has 1 aliphatic rings. The Morgan fingerprint density at radius 3 is 2.62 bits per heavy atom. The molecular formula is C11H9BrClFN2. The van der Waals surface area contributed by atoms with E-state index in [2.05, 4.69) is 15.9 Å². The van der Waals surface area contributed by atoms with Gasteiger partial charge in [-0.15, -0.1) is 0 Å². The highest BCUT2D eigenvalue weighted by Crippen LogP contribution is 2.37. The van der Waals surface area contributed by atoms with E-state index in [9.17, 15) is 4.39 Å². The highest BCUT2D eigenvalue weighted by molar-refractivity contribution is 9.10. The number of nitrogens with zero attached hydrogens (tertiary/aromatic N) is 2. The van der Waals surface area contributed by atoms with E-state index in [1.54, 1.807) is 0 Å². The zero-order valence-corrected chi connectivity index (χ0v) is 10.8. The molecule has 0 unspecified atom stereocenters. The van der Waals surface area contributed by atoms with Crippen LogP contribution < -0.4 is 4.90 Å². The fraction of sp³-hybridized carbons (Fsp3) is 0.364. The molecule has 0 amide bonds. The standard InChI is InChI=1S/C11H9BrClFN2/c12-8-5-9(13)10(14)7(6-15)11(8)16-3-1-2-4-16/h5H,1-4H2. The highest BCUT2D eigenvalue weighted by Gasteiger charge is 2.23. The minimum Gasteiger partial charge on any atom is -0.369 e. The van der Waals surface area contributed by atoms with Gasteiger partial charge in [-0.25, -0.2) is 4.39 Å². The lowest BCUT2D eigenvalue weighted by atomic mass is 10.1. The summed E-state index contributed by atoms with van der Waals surface area (Å²) in [5.41, 5.74) is 0.656. The number of hydrogen-bond acceptors (Lipinski definition) is 2.